The molecule has 0 fully saturated rings. The van der Waals surface area contributed by atoms with Crippen molar-refractivity contribution in [3.05, 3.63) is 11.1 Å². The van der Waals surface area contributed by atoms with Gasteiger partial charge in [-0.25, -0.2) is 0 Å². The summed E-state index contributed by atoms with van der Waals surface area (Å²) in [6, 6.07) is 0. The van der Waals surface area contributed by atoms with E-state index >= 15 is 0 Å². The van der Waals surface area contributed by atoms with Crippen LogP contribution in [0, 0.1) is 0 Å². The minimum atomic E-state index is -3.00. The van der Waals surface area contributed by atoms with E-state index < -0.39 is 21.2 Å². The first-order valence-corrected chi connectivity index (χ1v) is 8.36. The third kappa shape index (κ3) is 7.14. The number of hydrogen-bond donors (Lipinski definition) is 0. The van der Waals surface area contributed by atoms with Crippen molar-refractivity contribution in [2.75, 3.05) is 19.4 Å². The predicted octanol–water partition coefficient (Wildman–Crippen LogP) is 3.17. The van der Waals surface area contributed by atoms with E-state index in [-0.39, 0.29) is 6.16 Å². The summed E-state index contributed by atoms with van der Waals surface area (Å²) in [5, 5.41) is 2.16. The number of rotatable bonds is 8. The zero-order valence-electron chi connectivity index (χ0n) is 9.40. The maximum absolute atomic E-state index is 11.9. The van der Waals surface area contributed by atoms with E-state index in [2.05, 4.69) is 0 Å². The van der Waals surface area contributed by atoms with Gasteiger partial charge in [-0.1, -0.05) is 0 Å². The third-order valence-corrected chi connectivity index (χ3v) is 4.73. The van der Waals surface area contributed by atoms with Crippen LogP contribution in [0.2, 0.25) is 5.36 Å². The first-order valence-electron chi connectivity index (χ1n) is 4.87. The molecule has 0 aromatic carbocycles. The molecule has 0 saturated heterocycles. The predicted molar refractivity (Wildman–Crippen MR) is 56.0 cm³/mol. The van der Waals surface area contributed by atoms with E-state index in [1.165, 1.54) is 0 Å². The van der Waals surface area contributed by atoms with Gasteiger partial charge in [0, 0.05) is 0 Å². The van der Waals surface area contributed by atoms with Gasteiger partial charge in [-0.3, -0.25) is 0 Å². The van der Waals surface area contributed by atoms with Crippen molar-refractivity contribution in [3.8, 4) is 0 Å². The molecular weight excluding hydrogens is 262 g/mol. The summed E-state index contributed by atoms with van der Waals surface area (Å²) in [4.78, 5) is 0. The van der Waals surface area contributed by atoms with Crippen molar-refractivity contribution in [2.45, 2.75) is 26.1 Å². The maximum atomic E-state index is 11.9. The Bertz CT molecular complexity index is 255. The fourth-order valence-electron chi connectivity index (χ4n) is 0.867. The van der Waals surface area contributed by atoms with Gasteiger partial charge >= 0.3 is 95.2 Å². The Balaban J connectivity index is 4.23. The van der Waals surface area contributed by atoms with Crippen LogP contribution in [-0.4, -0.2) is 19.4 Å². The first kappa shape index (κ1) is 15.2. The fraction of sp³-hybridized carbons (Fsp3) is 0.778. The Hall–Kier alpha value is 0.196. The molecule has 6 heteroatoms. The van der Waals surface area contributed by atoms with E-state index in [9.17, 15) is 8.43 Å². The second-order valence-electron chi connectivity index (χ2n) is 2.52. The van der Waals surface area contributed by atoms with Crippen LogP contribution in [-0.2, 0) is 31.1 Å². The summed E-state index contributed by atoms with van der Waals surface area (Å²) in [5.41, 5.74) is 0. The Morgan fingerprint density at radius 1 is 1.20 bits per heavy atom. The Labute approximate surface area is 95.5 Å². The molecule has 0 heterocycles. The summed E-state index contributed by atoms with van der Waals surface area (Å²) in [7, 11) is -3.00. The fourth-order valence-corrected chi connectivity index (χ4v) is 3.12. The van der Waals surface area contributed by atoms with Crippen molar-refractivity contribution in [1.82, 2.24) is 0 Å². The van der Waals surface area contributed by atoms with Gasteiger partial charge in [0.25, 0.3) is 0 Å². The summed E-state index contributed by atoms with van der Waals surface area (Å²) >= 11 is -1.29. The normalized spacial score (nSPS) is 13.4. The average Bonchev–Trinajstić information content (AvgIpc) is 2.18. The van der Waals surface area contributed by atoms with Crippen molar-refractivity contribution < 1.29 is 31.1 Å². The van der Waals surface area contributed by atoms with Crippen LogP contribution in [0.25, 0.3) is 0 Å². The van der Waals surface area contributed by atoms with Gasteiger partial charge in [-0.2, -0.15) is 0 Å². The number of hydrogen-bond acceptors (Lipinski definition) is 4. The van der Waals surface area contributed by atoms with E-state index in [0.717, 1.165) is 0 Å². The Morgan fingerprint density at radius 2 is 1.73 bits per heavy atom. The van der Waals surface area contributed by atoms with E-state index in [0.29, 0.717) is 18.6 Å². The molecular formula is C9H19CoO4P. The second-order valence-corrected chi connectivity index (χ2v) is 6.68. The monoisotopic (exact) mass is 281 g/mol. The molecule has 0 aromatic heterocycles. The molecule has 0 spiro atoms. The van der Waals surface area contributed by atoms with Gasteiger partial charge in [-0.15, -0.1) is 0 Å². The molecule has 0 aliphatic carbocycles. The van der Waals surface area contributed by atoms with Crippen LogP contribution in [0.1, 0.15) is 20.8 Å². The Kier molecular flexibility index (Phi) is 8.47. The summed E-state index contributed by atoms with van der Waals surface area (Å²) in [6.07, 6.45) is 1.81. The van der Waals surface area contributed by atoms with Crippen molar-refractivity contribution >= 4 is 7.60 Å². The molecule has 0 aromatic rings. The van der Waals surface area contributed by atoms with Gasteiger partial charge in [0.1, 0.15) is 0 Å². The van der Waals surface area contributed by atoms with Crippen LogP contribution in [0.15, 0.2) is 11.1 Å². The zero-order valence-corrected chi connectivity index (χ0v) is 11.3. The summed E-state index contributed by atoms with van der Waals surface area (Å²) < 4.78 is 33.1. The topological polar surface area (TPSA) is 52.6 Å². The van der Waals surface area contributed by atoms with Gasteiger partial charge in [0.05, 0.1) is 0 Å². The quantitative estimate of drug-likeness (QED) is 0.641. The summed E-state index contributed by atoms with van der Waals surface area (Å²) in [5.74, 6) is 0. The Morgan fingerprint density at radius 3 is 2.13 bits per heavy atom. The molecule has 0 aliphatic rings. The van der Waals surface area contributed by atoms with Gasteiger partial charge < -0.3 is 0 Å². The molecule has 0 atom stereocenters. The molecule has 0 aliphatic heterocycles. The molecule has 0 saturated carbocycles. The standard InChI is InChI=1S/C7H14O3P.C2H5.Co.O/c1-4-7-11(8,9-5-2)10-6-3;1-2;;/h1,4H,5-7H2,2-3H3;1H2,2H3;;. The van der Waals surface area contributed by atoms with Gasteiger partial charge in [-0.05, 0) is 0 Å². The van der Waals surface area contributed by atoms with E-state index in [1.54, 1.807) is 24.9 Å². The zero-order chi connectivity index (χ0) is 11.7. The second kappa shape index (κ2) is 8.36. The van der Waals surface area contributed by atoms with Crippen LogP contribution in [0.5, 0.6) is 0 Å². The molecule has 93 valence electrons. The molecule has 0 N–H and O–H groups in total. The van der Waals surface area contributed by atoms with Crippen LogP contribution >= 0.6 is 7.60 Å². The molecule has 0 rings (SSSR count). The number of allylic oxidation sites excluding steroid dienone is 1. The van der Waals surface area contributed by atoms with Crippen molar-refractivity contribution in [3.63, 3.8) is 0 Å². The molecule has 0 unspecified atom stereocenters. The van der Waals surface area contributed by atoms with Crippen LogP contribution in [0.4, 0.5) is 0 Å². The molecule has 0 bridgehead atoms. The molecule has 0 radical (unpaired) electrons. The van der Waals surface area contributed by atoms with Crippen molar-refractivity contribution in [1.29, 1.82) is 0 Å². The van der Waals surface area contributed by atoms with Gasteiger partial charge in [0.15, 0.2) is 0 Å². The average molecular weight is 281 g/mol. The first-order chi connectivity index (χ1) is 7.08. The van der Waals surface area contributed by atoms with Crippen molar-refractivity contribution in [2.24, 2.45) is 0 Å². The van der Waals surface area contributed by atoms with E-state index in [1.807, 2.05) is 6.92 Å². The molecule has 0 amide bonds. The SMILES string of the molecule is CCOP(=O)(C/C=[CH]/[Co](=[O])[CH2]C)OCC. The van der Waals surface area contributed by atoms with Gasteiger partial charge in [0.2, 0.25) is 0 Å². The van der Waals surface area contributed by atoms with Crippen LogP contribution < -0.4 is 0 Å². The van der Waals surface area contributed by atoms with Crippen LogP contribution in [0.3, 0.4) is 0 Å². The molecule has 15 heavy (non-hydrogen) atoms. The summed E-state index contributed by atoms with van der Waals surface area (Å²) in [6.45, 7) is 6.08. The van der Waals surface area contributed by atoms with E-state index in [4.69, 9.17) is 9.05 Å². The minimum absolute atomic E-state index is 0.190. The third-order valence-electron chi connectivity index (χ3n) is 1.42. The molecule has 4 nitrogen and oxygen atoms in total.